The van der Waals surface area contributed by atoms with Crippen LogP contribution < -0.4 is 9.47 Å². The van der Waals surface area contributed by atoms with Crippen molar-refractivity contribution in [3.63, 3.8) is 0 Å². The molecule has 1 aromatic carbocycles. The van der Waals surface area contributed by atoms with Gasteiger partial charge in [-0.15, -0.1) is 11.3 Å². The molecular weight excluding hydrogens is 380 g/mol. The Kier molecular flexibility index (Phi) is 5.56. The topological polar surface area (TPSA) is 44.8 Å². The fourth-order valence-electron chi connectivity index (χ4n) is 2.31. The molecule has 1 aliphatic rings. The lowest BCUT2D eigenvalue weighted by molar-refractivity contribution is -0.145. The van der Waals surface area contributed by atoms with Gasteiger partial charge in [-0.05, 0) is 36.4 Å². The number of ether oxygens (including phenoxy) is 3. The molecule has 0 bridgehead atoms. The summed E-state index contributed by atoms with van der Waals surface area (Å²) in [5.74, 6) is 1.24. The summed E-state index contributed by atoms with van der Waals surface area (Å²) in [5, 5.41) is 2.05. The van der Waals surface area contributed by atoms with E-state index in [1.807, 2.05) is 23.6 Å². The molecule has 0 fully saturated rings. The van der Waals surface area contributed by atoms with Crippen molar-refractivity contribution < 1.29 is 19.0 Å². The van der Waals surface area contributed by atoms with Gasteiger partial charge in [0.05, 0.1) is 0 Å². The van der Waals surface area contributed by atoms with Crippen LogP contribution in [0.15, 0.2) is 34.1 Å². The standard InChI is InChI=1S/C17H17BrO4S/c18-14-10-16-15(20-6-7-21-16)9-12(14)11-22-17(19)5-1-3-13-4-2-8-23-13/h2,4,8-10H,1,3,5-7,11H2. The molecule has 1 aromatic heterocycles. The second-order valence-corrected chi connectivity index (χ2v) is 7.07. The Morgan fingerprint density at radius 3 is 2.78 bits per heavy atom. The Morgan fingerprint density at radius 2 is 2.04 bits per heavy atom. The summed E-state index contributed by atoms with van der Waals surface area (Å²) in [7, 11) is 0. The van der Waals surface area contributed by atoms with Gasteiger partial charge in [0.25, 0.3) is 0 Å². The first-order valence-corrected chi connectivity index (χ1v) is 9.15. The summed E-state index contributed by atoms with van der Waals surface area (Å²) in [6.07, 6.45) is 2.15. The van der Waals surface area contributed by atoms with Crippen LogP contribution >= 0.6 is 27.3 Å². The van der Waals surface area contributed by atoms with Crippen molar-refractivity contribution in [1.82, 2.24) is 0 Å². The second-order valence-electron chi connectivity index (χ2n) is 5.18. The van der Waals surface area contributed by atoms with Crippen LogP contribution in [-0.2, 0) is 22.6 Å². The van der Waals surface area contributed by atoms with Gasteiger partial charge in [-0.3, -0.25) is 4.79 Å². The van der Waals surface area contributed by atoms with Crippen molar-refractivity contribution in [3.8, 4) is 11.5 Å². The summed E-state index contributed by atoms with van der Waals surface area (Å²) in [6, 6.07) is 7.83. The first kappa shape index (κ1) is 16.3. The molecule has 3 rings (SSSR count). The van der Waals surface area contributed by atoms with E-state index in [1.54, 1.807) is 11.3 Å². The Bertz CT molecular complexity index is 669. The minimum absolute atomic E-state index is 0.177. The summed E-state index contributed by atoms with van der Waals surface area (Å²) in [4.78, 5) is 13.2. The number of halogens is 1. The van der Waals surface area contributed by atoms with Crippen LogP contribution in [0.4, 0.5) is 0 Å². The Labute approximate surface area is 147 Å². The van der Waals surface area contributed by atoms with Gasteiger partial charge in [0.15, 0.2) is 11.5 Å². The van der Waals surface area contributed by atoms with E-state index in [4.69, 9.17) is 14.2 Å². The maximum Gasteiger partial charge on any atom is 0.306 e. The molecule has 1 aliphatic heterocycles. The van der Waals surface area contributed by atoms with Crippen LogP contribution in [0.2, 0.25) is 0 Å². The van der Waals surface area contributed by atoms with Crippen LogP contribution in [0, 0.1) is 0 Å². The molecule has 6 heteroatoms. The number of fused-ring (bicyclic) bond motifs is 1. The number of carbonyl (C=O) groups is 1. The molecule has 0 unspecified atom stereocenters. The van der Waals surface area contributed by atoms with Gasteiger partial charge in [0.2, 0.25) is 0 Å². The molecule has 0 saturated heterocycles. The summed E-state index contributed by atoms with van der Waals surface area (Å²) in [6.45, 7) is 1.32. The van der Waals surface area contributed by atoms with Gasteiger partial charge in [-0.1, -0.05) is 22.0 Å². The predicted octanol–water partition coefficient (Wildman–Crippen LogP) is 4.35. The average molecular weight is 397 g/mol. The van der Waals surface area contributed by atoms with Crippen molar-refractivity contribution in [2.24, 2.45) is 0 Å². The highest BCUT2D eigenvalue weighted by Crippen LogP contribution is 2.35. The van der Waals surface area contributed by atoms with Crippen LogP contribution in [0.5, 0.6) is 11.5 Å². The monoisotopic (exact) mass is 396 g/mol. The highest BCUT2D eigenvalue weighted by molar-refractivity contribution is 9.10. The number of carbonyl (C=O) groups excluding carboxylic acids is 1. The third-order valence-corrected chi connectivity index (χ3v) is 5.16. The average Bonchev–Trinajstić information content (AvgIpc) is 3.06. The molecule has 122 valence electrons. The molecule has 0 spiro atoms. The fraction of sp³-hybridized carbons (Fsp3) is 0.353. The quantitative estimate of drug-likeness (QED) is 0.680. The largest absolute Gasteiger partial charge is 0.486 e. The van der Waals surface area contributed by atoms with E-state index in [1.165, 1.54) is 4.88 Å². The van der Waals surface area contributed by atoms with Gasteiger partial charge >= 0.3 is 5.97 Å². The molecule has 23 heavy (non-hydrogen) atoms. The van der Waals surface area contributed by atoms with Crippen LogP contribution in [-0.4, -0.2) is 19.2 Å². The molecule has 0 saturated carbocycles. The zero-order chi connectivity index (χ0) is 16.1. The first-order valence-electron chi connectivity index (χ1n) is 7.48. The van der Waals surface area contributed by atoms with Gasteiger partial charge in [-0.2, -0.15) is 0 Å². The third-order valence-electron chi connectivity index (χ3n) is 3.48. The van der Waals surface area contributed by atoms with Crippen molar-refractivity contribution in [3.05, 3.63) is 44.6 Å². The van der Waals surface area contributed by atoms with Crippen molar-refractivity contribution in [2.45, 2.75) is 25.9 Å². The second kappa shape index (κ2) is 7.84. The van der Waals surface area contributed by atoms with E-state index in [-0.39, 0.29) is 12.6 Å². The molecule has 0 aliphatic carbocycles. The molecule has 2 heterocycles. The maximum atomic E-state index is 11.9. The van der Waals surface area contributed by atoms with E-state index in [0.29, 0.717) is 31.1 Å². The molecule has 0 amide bonds. The summed E-state index contributed by atoms with van der Waals surface area (Å²) in [5.41, 5.74) is 0.876. The summed E-state index contributed by atoms with van der Waals surface area (Å²) < 4.78 is 17.3. The van der Waals surface area contributed by atoms with Crippen molar-refractivity contribution in [1.29, 1.82) is 0 Å². The molecule has 0 radical (unpaired) electrons. The molecular formula is C17H17BrO4S. The number of benzene rings is 1. The van der Waals surface area contributed by atoms with Gasteiger partial charge in [0.1, 0.15) is 19.8 Å². The lowest BCUT2D eigenvalue weighted by Crippen LogP contribution is -2.15. The Balaban J connectivity index is 1.48. The number of rotatable bonds is 6. The number of esters is 1. The van der Waals surface area contributed by atoms with Gasteiger partial charge in [0, 0.05) is 21.3 Å². The first-order chi connectivity index (χ1) is 11.2. The normalized spacial score (nSPS) is 12.9. The highest BCUT2D eigenvalue weighted by atomic mass is 79.9. The van der Waals surface area contributed by atoms with Gasteiger partial charge < -0.3 is 14.2 Å². The Morgan fingerprint density at radius 1 is 1.26 bits per heavy atom. The van der Waals surface area contributed by atoms with E-state index in [9.17, 15) is 4.79 Å². The lowest BCUT2D eigenvalue weighted by Gasteiger charge is -2.19. The molecule has 0 N–H and O–H groups in total. The molecule has 2 aromatic rings. The van der Waals surface area contributed by atoms with E-state index in [0.717, 1.165) is 22.9 Å². The highest BCUT2D eigenvalue weighted by Gasteiger charge is 2.15. The third kappa shape index (κ3) is 4.48. The SMILES string of the molecule is O=C(CCCc1cccs1)OCc1cc2c(cc1Br)OCCO2. The van der Waals surface area contributed by atoms with Crippen LogP contribution in [0.1, 0.15) is 23.3 Å². The number of hydrogen-bond donors (Lipinski definition) is 0. The lowest BCUT2D eigenvalue weighted by atomic mass is 10.2. The minimum atomic E-state index is -0.177. The number of thiophene rings is 1. The fourth-order valence-corrected chi connectivity index (χ4v) is 3.50. The predicted molar refractivity (Wildman–Crippen MR) is 92.2 cm³/mol. The number of hydrogen-bond acceptors (Lipinski definition) is 5. The smallest absolute Gasteiger partial charge is 0.306 e. The molecule has 0 atom stereocenters. The minimum Gasteiger partial charge on any atom is -0.486 e. The van der Waals surface area contributed by atoms with Crippen LogP contribution in [0.25, 0.3) is 0 Å². The Hall–Kier alpha value is -1.53. The van der Waals surface area contributed by atoms with Crippen molar-refractivity contribution >= 4 is 33.2 Å². The zero-order valence-corrected chi connectivity index (χ0v) is 15.0. The van der Waals surface area contributed by atoms with E-state index >= 15 is 0 Å². The van der Waals surface area contributed by atoms with Gasteiger partial charge in [-0.25, -0.2) is 0 Å². The summed E-state index contributed by atoms with van der Waals surface area (Å²) >= 11 is 5.19. The van der Waals surface area contributed by atoms with Crippen molar-refractivity contribution in [2.75, 3.05) is 13.2 Å². The van der Waals surface area contributed by atoms with Crippen LogP contribution in [0.3, 0.4) is 0 Å². The van der Waals surface area contributed by atoms with E-state index < -0.39 is 0 Å². The zero-order valence-electron chi connectivity index (χ0n) is 12.5. The number of aryl methyl sites for hydroxylation is 1. The molecule has 4 nitrogen and oxygen atoms in total. The van der Waals surface area contributed by atoms with E-state index in [2.05, 4.69) is 22.0 Å². The maximum absolute atomic E-state index is 11.9.